The highest BCUT2D eigenvalue weighted by atomic mass is 32.2. The molecule has 7 nitrogen and oxygen atoms in total. The number of rotatable bonds is 7. The first-order valence-electron chi connectivity index (χ1n) is 5.93. The predicted octanol–water partition coefficient (Wildman–Crippen LogP) is 0.673. The fourth-order valence-electron chi connectivity index (χ4n) is 1.54. The Morgan fingerprint density at radius 1 is 1.48 bits per heavy atom. The number of aromatic nitrogens is 1. The number of sulfonamides is 1. The average Bonchev–Trinajstić information content (AvgIpc) is 2.83. The predicted molar refractivity (Wildman–Crippen MR) is 69.0 cm³/mol. The summed E-state index contributed by atoms with van der Waals surface area (Å²) in [5.41, 5.74) is -0.265. The van der Waals surface area contributed by atoms with E-state index in [0.717, 1.165) is 12.3 Å². The number of carbonyl (C=O) groups is 1. The lowest BCUT2D eigenvalue weighted by molar-refractivity contribution is -0.0437. The van der Waals surface area contributed by atoms with Crippen LogP contribution in [0, 0.1) is 0 Å². The second kappa shape index (κ2) is 6.08. The third kappa shape index (κ3) is 4.22. The molecule has 21 heavy (non-hydrogen) atoms. The molecule has 1 rings (SSSR count). The number of hydrogen-bond acceptors (Lipinski definition) is 4. The Bertz CT molecular complexity index is 625. The van der Waals surface area contributed by atoms with E-state index in [0.29, 0.717) is 0 Å². The fourth-order valence-corrected chi connectivity index (χ4v) is 2.63. The summed E-state index contributed by atoms with van der Waals surface area (Å²) >= 11 is 0. The number of halogens is 2. The molecule has 1 heterocycles. The summed E-state index contributed by atoms with van der Waals surface area (Å²) in [6.45, 7) is 0.524. The van der Waals surface area contributed by atoms with Crippen LogP contribution in [0.5, 0.6) is 0 Å². The fraction of sp³-hybridized carbons (Fsp3) is 0.545. The minimum absolute atomic E-state index is 0.265. The topological polar surface area (TPSA) is 109 Å². The number of nitrogens with zero attached hydrogens (tertiary/aromatic N) is 1. The first-order chi connectivity index (χ1) is 9.50. The molecule has 10 heteroatoms. The Kier molecular flexibility index (Phi) is 5.07. The van der Waals surface area contributed by atoms with Crippen LogP contribution in [0.2, 0.25) is 0 Å². The Balaban J connectivity index is 3.10. The van der Waals surface area contributed by atoms with Crippen molar-refractivity contribution in [3.8, 4) is 0 Å². The van der Waals surface area contributed by atoms with Crippen LogP contribution in [0.1, 0.15) is 30.4 Å². The van der Waals surface area contributed by atoms with Gasteiger partial charge in [0, 0.05) is 12.2 Å². The number of alkyl halides is 2. The average molecular weight is 326 g/mol. The van der Waals surface area contributed by atoms with Gasteiger partial charge in [0.25, 0.3) is 5.92 Å². The van der Waals surface area contributed by atoms with Crippen LogP contribution in [-0.2, 0) is 10.0 Å². The van der Waals surface area contributed by atoms with E-state index in [4.69, 9.17) is 10.2 Å². The van der Waals surface area contributed by atoms with Gasteiger partial charge in [-0.3, -0.25) is 0 Å². The third-order valence-electron chi connectivity index (χ3n) is 2.66. The molecule has 0 saturated carbocycles. The molecular weight excluding hydrogens is 310 g/mol. The van der Waals surface area contributed by atoms with E-state index in [1.807, 2.05) is 0 Å². The van der Waals surface area contributed by atoms with Crippen LogP contribution < -0.4 is 4.72 Å². The van der Waals surface area contributed by atoms with Gasteiger partial charge in [-0.15, -0.1) is 0 Å². The van der Waals surface area contributed by atoms with Gasteiger partial charge in [0.2, 0.25) is 10.0 Å². The van der Waals surface area contributed by atoms with Gasteiger partial charge in [-0.05, 0) is 19.9 Å². The van der Waals surface area contributed by atoms with Crippen LogP contribution in [-0.4, -0.2) is 48.2 Å². The van der Waals surface area contributed by atoms with E-state index in [-0.39, 0.29) is 11.7 Å². The summed E-state index contributed by atoms with van der Waals surface area (Å²) in [5, 5.41) is 17.4. The maximum atomic E-state index is 12.9. The summed E-state index contributed by atoms with van der Waals surface area (Å²) in [7, 11) is -4.30. The lowest BCUT2D eigenvalue weighted by Crippen LogP contribution is -2.38. The summed E-state index contributed by atoms with van der Waals surface area (Å²) in [4.78, 5) is 10.6. The largest absolute Gasteiger partial charge is 0.477 e. The summed E-state index contributed by atoms with van der Waals surface area (Å²) < 4.78 is 52.3. The quantitative estimate of drug-likeness (QED) is 0.682. The van der Waals surface area contributed by atoms with Crippen LogP contribution in [0.3, 0.4) is 0 Å². The van der Waals surface area contributed by atoms with E-state index in [2.05, 4.69) is 0 Å². The Labute approximate surface area is 120 Å². The molecule has 0 aliphatic rings. The molecule has 0 aromatic carbocycles. The van der Waals surface area contributed by atoms with Crippen molar-refractivity contribution in [2.45, 2.75) is 30.7 Å². The lowest BCUT2D eigenvalue weighted by atomic mass is 10.3. The standard InChI is InChI=1S/C11H16F2N2O5S/c1-7(2)15-4-8(3-9(15)10(17)18)21(19,20)14-5-11(12,13)6-16/h3-4,7,14,16H,5-6H2,1-2H3,(H,17,18). The van der Waals surface area contributed by atoms with Crippen molar-refractivity contribution in [2.24, 2.45) is 0 Å². The highest BCUT2D eigenvalue weighted by molar-refractivity contribution is 7.89. The van der Waals surface area contributed by atoms with Gasteiger partial charge in [0.1, 0.15) is 17.2 Å². The molecule has 0 bridgehead atoms. The van der Waals surface area contributed by atoms with Crippen molar-refractivity contribution < 1.29 is 32.2 Å². The Morgan fingerprint density at radius 3 is 2.43 bits per heavy atom. The van der Waals surface area contributed by atoms with Gasteiger partial charge in [-0.2, -0.15) is 0 Å². The SMILES string of the molecule is CC(C)n1cc(S(=O)(=O)NCC(F)(F)CO)cc1C(=O)O. The zero-order valence-electron chi connectivity index (χ0n) is 11.4. The number of aliphatic hydroxyl groups excluding tert-OH is 1. The number of aliphatic hydroxyl groups is 1. The number of hydrogen-bond donors (Lipinski definition) is 3. The molecule has 0 amide bonds. The van der Waals surface area contributed by atoms with Crippen LogP contribution in [0.25, 0.3) is 0 Å². The summed E-state index contributed by atoms with van der Waals surface area (Å²) in [5.74, 6) is -4.92. The second-order valence-electron chi connectivity index (χ2n) is 4.71. The van der Waals surface area contributed by atoms with Gasteiger partial charge >= 0.3 is 5.97 Å². The Morgan fingerprint density at radius 2 is 2.05 bits per heavy atom. The van der Waals surface area contributed by atoms with E-state index in [1.54, 1.807) is 18.6 Å². The van der Waals surface area contributed by atoms with Crippen LogP contribution in [0.4, 0.5) is 8.78 Å². The number of aromatic carboxylic acids is 1. The maximum absolute atomic E-state index is 12.9. The smallest absolute Gasteiger partial charge is 0.352 e. The molecule has 1 aromatic rings. The van der Waals surface area contributed by atoms with E-state index in [9.17, 15) is 22.0 Å². The van der Waals surface area contributed by atoms with Crippen molar-refractivity contribution in [1.29, 1.82) is 0 Å². The van der Waals surface area contributed by atoms with E-state index in [1.165, 1.54) is 4.57 Å². The molecule has 0 aliphatic carbocycles. The molecule has 0 spiro atoms. The summed E-state index contributed by atoms with van der Waals surface area (Å²) in [6.07, 6.45) is 1.06. The van der Waals surface area contributed by atoms with Gasteiger partial charge in [0.05, 0.1) is 6.54 Å². The molecule has 3 N–H and O–H groups in total. The number of carboxylic acid groups (broad SMARTS) is 1. The zero-order chi connectivity index (χ0) is 16.4. The Hall–Kier alpha value is -1.52. The lowest BCUT2D eigenvalue weighted by Gasteiger charge is -2.13. The molecule has 1 aromatic heterocycles. The number of carboxylic acids is 1. The van der Waals surface area contributed by atoms with Crippen molar-refractivity contribution >= 4 is 16.0 Å². The zero-order valence-corrected chi connectivity index (χ0v) is 12.2. The van der Waals surface area contributed by atoms with Crippen molar-refractivity contribution in [3.63, 3.8) is 0 Å². The molecule has 0 aliphatic heterocycles. The van der Waals surface area contributed by atoms with Gasteiger partial charge < -0.3 is 14.8 Å². The van der Waals surface area contributed by atoms with Gasteiger partial charge in [-0.25, -0.2) is 26.7 Å². The minimum Gasteiger partial charge on any atom is -0.477 e. The van der Waals surface area contributed by atoms with Gasteiger partial charge in [-0.1, -0.05) is 0 Å². The molecule has 0 saturated heterocycles. The minimum atomic E-state index is -4.30. The van der Waals surface area contributed by atoms with Gasteiger partial charge in [0.15, 0.2) is 0 Å². The highest BCUT2D eigenvalue weighted by Crippen LogP contribution is 2.20. The van der Waals surface area contributed by atoms with Crippen LogP contribution >= 0.6 is 0 Å². The number of nitrogens with one attached hydrogen (secondary N) is 1. The first-order valence-corrected chi connectivity index (χ1v) is 7.42. The van der Waals surface area contributed by atoms with E-state index < -0.39 is 40.0 Å². The third-order valence-corrected chi connectivity index (χ3v) is 4.03. The maximum Gasteiger partial charge on any atom is 0.352 e. The summed E-state index contributed by atoms with van der Waals surface area (Å²) in [6, 6.07) is 0.570. The molecule has 0 fully saturated rings. The van der Waals surface area contributed by atoms with Crippen molar-refractivity contribution in [2.75, 3.05) is 13.2 Å². The van der Waals surface area contributed by atoms with Crippen molar-refractivity contribution in [3.05, 3.63) is 18.0 Å². The normalized spacial score (nSPS) is 12.9. The highest BCUT2D eigenvalue weighted by Gasteiger charge is 2.31. The molecular formula is C11H16F2N2O5S. The molecule has 0 radical (unpaired) electrons. The molecule has 120 valence electrons. The molecule has 0 atom stereocenters. The second-order valence-corrected chi connectivity index (χ2v) is 6.47. The van der Waals surface area contributed by atoms with E-state index >= 15 is 0 Å². The monoisotopic (exact) mass is 326 g/mol. The van der Waals surface area contributed by atoms with Crippen molar-refractivity contribution in [1.82, 2.24) is 9.29 Å². The first kappa shape index (κ1) is 17.5. The molecule has 0 unspecified atom stereocenters. The van der Waals surface area contributed by atoms with Crippen LogP contribution in [0.15, 0.2) is 17.2 Å².